The highest BCUT2D eigenvalue weighted by molar-refractivity contribution is 5.77. The van der Waals surface area contributed by atoms with Crippen LogP contribution in [0.2, 0.25) is 0 Å². The SMILES string of the molecule is C=C=CC(CC1CCC(C)CC1)/C(=C/C=C(\C=C)c1c(F)cccc1C(C)C)C(C)C(C)CC.CC.CC.CC.CCC=Cc1ccc(NC)cc1. The normalized spacial score (nSPS) is 17.2. The van der Waals surface area contributed by atoms with Crippen LogP contribution in [0.15, 0.2) is 97.3 Å². The van der Waals surface area contributed by atoms with Crippen LogP contribution in [0.1, 0.15) is 158 Å². The van der Waals surface area contributed by atoms with Gasteiger partial charge in [-0.05, 0) is 83.4 Å². The number of nitrogens with one attached hydrogen (secondary N) is 1. The number of benzene rings is 2. The molecule has 1 fully saturated rings. The van der Waals surface area contributed by atoms with E-state index in [1.54, 1.807) is 18.2 Å². The first kappa shape index (κ1) is 50.8. The second-order valence-corrected chi connectivity index (χ2v) is 13.5. The van der Waals surface area contributed by atoms with Crippen LogP contribution in [0.25, 0.3) is 11.6 Å². The number of hydrogen-bond donors (Lipinski definition) is 1. The molecule has 0 heterocycles. The second kappa shape index (κ2) is 31.2. The molecule has 3 atom stereocenters. The average molecular weight is 714 g/mol. The average Bonchev–Trinajstić information content (AvgIpc) is 3.19. The molecule has 2 aromatic rings. The summed E-state index contributed by atoms with van der Waals surface area (Å²) in [7, 11) is 1.93. The van der Waals surface area contributed by atoms with Gasteiger partial charge in [0.1, 0.15) is 5.82 Å². The molecule has 0 aliphatic heterocycles. The molecule has 52 heavy (non-hydrogen) atoms. The van der Waals surface area contributed by atoms with Crippen molar-refractivity contribution in [2.24, 2.45) is 29.6 Å². The van der Waals surface area contributed by atoms with E-state index in [0.717, 1.165) is 47.9 Å². The number of halogens is 1. The minimum atomic E-state index is -0.180. The Bertz CT molecular complexity index is 1330. The molecule has 1 saturated carbocycles. The Labute approximate surface area is 323 Å². The van der Waals surface area contributed by atoms with Crippen LogP contribution in [-0.4, -0.2) is 7.05 Å². The van der Waals surface area contributed by atoms with Gasteiger partial charge in [0.25, 0.3) is 0 Å². The maximum atomic E-state index is 15.0. The standard InChI is InChI=1S/C33H47F.C11H15N.3C2H6/c1-9-13-29(22-27-18-16-24(6)17-19-27)31(26(8)25(7)10-2)21-20-28(11-3)33-30(23(4)5)14-12-15-32(33)34;1-3-4-5-10-6-8-11(12-2)9-7-10;3*1-2/h11-15,20-21,23-27,29H,1,3,10,16-19,22H2,2,4-8H3;4-9,12H,3H2,1-2H3;3*1-2H3/b28-20+,31-21+;;;;. The first-order valence-corrected chi connectivity index (χ1v) is 20.7. The predicted molar refractivity (Wildman–Crippen MR) is 238 cm³/mol. The van der Waals surface area contributed by atoms with E-state index < -0.39 is 0 Å². The molecule has 0 spiro atoms. The van der Waals surface area contributed by atoms with E-state index in [2.05, 4.69) is 127 Å². The Morgan fingerprint density at radius 2 is 1.50 bits per heavy atom. The summed E-state index contributed by atoms with van der Waals surface area (Å²) in [6, 6.07) is 13.8. The van der Waals surface area contributed by atoms with Gasteiger partial charge >= 0.3 is 0 Å². The van der Waals surface area contributed by atoms with Crippen LogP contribution in [0, 0.1) is 35.4 Å². The van der Waals surface area contributed by atoms with Crippen molar-refractivity contribution in [3.05, 3.63) is 120 Å². The molecule has 1 aliphatic carbocycles. The van der Waals surface area contributed by atoms with E-state index in [1.165, 1.54) is 36.8 Å². The van der Waals surface area contributed by atoms with E-state index in [0.29, 0.717) is 23.3 Å². The lowest BCUT2D eigenvalue weighted by Gasteiger charge is -2.32. The highest BCUT2D eigenvalue weighted by atomic mass is 19.1. The second-order valence-electron chi connectivity index (χ2n) is 13.5. The highest BCUT2D eigenvalue weighted by Gasteiger charge is 2.26. The van der Waals surface area contributed by atoms with Crippen LogP contribution >= 0.6 is 0 Å². The van der Waals surface area contributed by atoms with Crippen LogP contribution in [0.5, 0.6) is 0 Å². The lowest BCUT2D eigenvalue weighted by atomic mass is 9.73. The van der Waals surface area contributed by atoms with Gasteiger partial charge in [-0.2, -0.15) is 0 Å². The third-order valence-electron chi connectivity index (χ3n) is 9.87. The summed E-state index contributed by atoms with van der Waals surface area (Å²) in [5.41, 5.74) is 9.48. The Morgan fingerprint density at radius 3 is 1.98 bits per heavy atom. The zero-order valence-corrected chi connectivity index (χ0v) is 36.2. The largest absolute Gasteiger partial charge is 0.388 e. The highest BCUT2D eigenvalue weighted by Crippen LogP contribution is 2.39. The van der Waals surface area contributed by atoms with E-state index in [4.69, 9.17) is 0 Å². The first-order valence-electron chi connectivity index (χ1n) is 20.7. The zero-order chi connectivity index (χ0) is 40.1. The van der Waals surface area contributed by atoms with Gasteiger partial charge in [0, 0.05) is 24.2 Å². The van der Waals surface area contributed by atoms with Gasteiger partial charge in [0.05, 0.1) is 0 Å². The van der Waals surface area contributed by atoms with Gasteiger partial charge in [-0.1, -0.05) is 195 Å². The van der Waals surface area contributed by atoms with Crippen molar-refractivity contribution in [1.82, 2.24) is 0 Å². The summed E-state index contributed by atoms with van der Waals surface area (Å²) in [5, 5.41) is 3.09. The molecule has 1 aliphatic rings. The van der Waals surface area contributed by atoms with Crippen molar-refractivity contribution in [2.75, 3.05) is 12.4 Å². The monoisotopic (exact) mass is 714 g/mol. The molecule has 0 aromatic heterocycles. The van der Waals surface area contributed by atoms with Gasteiger partial charge in [-0.3, -0.25) is 0 Å². The molecule has 2 aromatic carbocycles. The molecular formula is C50H80FN. The van der Waals surface area contributed by atoms with Crippen LogP contribution < -0.4 is 5.32 Å². The summed E-state index contributed by atoms with van der Waals surface area (Å²) >= 11 is 0. The van der Waals surface area contributed by atoms with Crippen molar-refractivity contribution >= 4 is 17.3 Å². The molecule has 3 rings (SSSR count). The molecule has 0 saturated heterocycles. The van der Waals surface area contributed by atoms with E-state index in [1.807, 2.05) is 54.7 Å². The summed E-state index contributed by atoms with van der Waals surface area (Å²) in [5.74, 6) is 2.97. The summed E-state index contributed by atoms with van der Waals surface area (Å²) < 4.78 is 15.0. The fourth-order valence-electron chi connectivity index (χ4n) is 6.44. The van der Waals surface area contributed by atoms with Crippen molar-refractivity contribution in [3.63, 3.8) is 0 Å². The van der Waals surface area contributed by atoms with Crippen LogP contribution in [0.3, 0.4) is 0 Å². The predicted octanol–water partition coefficient (Wildman–Crippen LogP) is 16.5. The molecule has 0 radical (unpaired) electrons. The van der Waals surface area contributed by atoms with Gasteiger partial charge in [0.2, 0.25) is 0 Å². The first-order chi connectivity index (χ1) is 25.1. The lowest BCUT2D eigenvalue weighted by Crippen LogP contribution is -2.20. The third kappa shape index (κ3) is 18.4. The van der Waals surface area contributed by atoms with E-state index in [-0.39, 0.29) is 11.7 Å². The van der Waals surface area contributed by atoms with E-state index in [9.17, 15) is 4.39 Å². The molecule has 3 unspecified atom stereocenters. The Morgan fingerprint density at radius 1 is 0.904 bits per heavy atom. The van der Waals surface area contributed by atoms with Crippen LogP contribution in [0.4, 0.5) is 10.1 Å². The topological polar surface area (TPSA) is 12.0 Å². The maximum Gasteiger partial charge on any atom is 0.131 e. The molecular weight excluding hydrogens is 634 g/mol. The van der Waals surface area contributed by atoms with Crippen LogP contribution in [-0.2, 0) is 0 Å². The molecule has 292 valence electrons. The Balaban J connectivity index is 0. The minimum absolute atomic E-state index is 0.180. The Hall–Kier alpha value is -3.35. The summed E-state index contributed by atoms with van der Waals surface area (Å²) in [6.07, 6.45) is 21.3. The zero-order valence-electron chi connectivity index (χ0n) is 36.2. The molecule has 1 nitrogen and oxygen atoms in total. The number of rotatable bonds is 14. The fourth-order valence-corrected chi connectivity index (χ4v) is 6.44. The Kier molecular flexibility index (Phi) is 30.5. The van der Waals surface area contributed by atoms with Crippen molar-refractivity contribution in [3.8, 4) is 0 Å². The number of anilines is 1. The van der Waals surface area contributed by atoms with Gasteiger partial charge in [-0.15, -0.1) is 5.73 Å². The lowest BCUT2D eigenvalue weighted by molar-refractivity contribution is 0.259. The summed E-state index contributed by atoms with van der Waals surface area (Å²) in [4.78, 5) is 0. The van der Waals surface area contributed by atoms with Gasteiger partial charge in [-0.25, -0.2) is 4.39 Å². The van der Waals surface area contributed by atoms with Crippen molar-refractivity contribution < 1.29 is 4.39 Å². The molecule has 1 N–H and O–H groups in total. The molecule has 2 heteroatoms. The minimum Gasteiger partial charge on any atom is -0.388 e. The van der Waals surface area contributed by atoms with Crippen molar-refractivity contribution in [1.29, 1.82) is 0 Å². The van der Waals surface area contributed by atoms with E-state index >= 15 is 0 Å². The molecule has 0 bridgehead atoms. The van der Waals surface area contributed by atoms with Gasteiger partial charge in [0.15, 0.2) is 0 Å². The molecule has 0 amide bonds. The third-order valence-corrected chi connectivity index (χ3v) is 9.87. The fraction of sp³-hybridized carbons (Fsp3) is 0.540. The number of hydrogen-bond acceptors (Lipinski definition) is 1. The van der Waals surface area contributed by atoms with Crippen molar-refractivity contribution in [2.45, 2.75) is 141 Å². The quantitative estimate of drug-likeness (QED) is 0.152. The van der Waals surface area contributed by atoms with Gasteiger partial charge < -0.3 is 5.32 Å². The number of allylic oxidation sites excluding steroid dienone is 7. The maximum absolute atomic E-state index is 15.0. The summed E-state index contributed by atoms with van der Waals surface area (Å²) in [6.45, 7) is 35.6. The smallest absolute Gasteiger partial charge is 0.131 e.